The fraction of sp³-hybridized carbons (Fsp3) is 0.467. The van der Waals surface area contributed by atoms with Crippen LogP contribution in [0.2, 0.25) is 0 Å². The van der Waals surface area contributed by atoms with E-state index in [-0.39, 0.29) is 5.82 Å². The molecule has 1 aliphatic rings. The Labute approximate surface area is 106 Å². The van der Waals surface area contributed by atoms with Crippen molar-refractivity contribution in [3.63, 3.8) is 0 Å². The first kappa shape index (κ1) is 11.7. The lowest BCUT2D eigenvalue weighted by Crippen LogP contribution is -2.15. The average Bonchev–Trinajstić information content (AvgIpc) is 3.11. The van der Waals surface area contributed by atoms with Crippen molar-refractivity contribution in [2.45, 2.75) is 45.7 Å². The zero-order valence-corrected chi connectivity index (χ0v) is 10.8. The van der Waals surface area contributed by atoms with Gasteiger partial charge in [-0.25, -0.2) is 4.39 Å². The lowest BCUT2D eigenvalue weighted by atomic mass is 10.0. The Morgan fingerprint density at radius 2 is 2.17 bits per heavy atom. The molecule has 18 heavy (non-hydrogen) atoms. The van der Waals surface area contributed by atoms with E-state index in [9.17, 15) is 4.39 Å². The highest BCUT2D eigenvalue weighted by Crippen LogP contribution is 2.31. The zero-order chi connectivity index (χ0) is 12.7. The zero-order valence-electron chi connectivity index (χ0n) is 10.8. The summed E-state index contributed by atoms with van der Waals surface area (Å²) >= 11 is 0. The average molecular weight is 247 g/mol. The largest absolute Gasteiger partial charge is 0.456 e. The standard InChI is InChI=1S/C15H18FNO/c1-3-11-13(8-17-10-5-6-10)18-15-12(16)7-4-9(2)14(11)15/h4,7,10,17H,3,5-6,8H2,1-2H3. The highest BCUT2D eigenvalue weighted by atomic mass is 19.1. The van der Waals surface area contributed by atoms with E-state index in [0.717, 1.165) is 28.7 Å². The molecule has 2 nitrogen and oxygen atoms in total. The number of benzene rings is 1. The number of nitrogens with one attached hydrogen (secondary N) is 1. The van der Waals surface area contributed by atoms with E-state index in [1.54, 1.807) is 0 Å². The van der Waals surface area contributed by atoms with E-state index in [1.165, 1.54) is 18.9 Å². The molecule has 1 N–H and O–H groups in total. The molecule has 0 unspecified atom stereocenters. The van der Waals surface area contributed by atoms with Crippen molar-refractivity contribution in [2.75, 3.05) is 0 Å². The van der Waals surface area contributed by atoms with Gasteiger partial charge in [0.05, 0.1) is 6.54 Å². The summed E-state index contributed by atoms with van der Waals surface area (Å²) in [6.45, 7) is 4.81. The molecule has 1 aromatic carbocycles. The van der Waals surface area contributed by atoms with Gasteiger partial charge < -0.3 is 9.73 Å². The second-order valence-corrected chi connectivity index (χ2v) is 5.08. The fourth-order valence-electron chi connectivity index (χ4n) is 2.50. The lowest BCUT2D eigenvalue weighted by Gasteiger charge is -2.02. The Hall–Kier alpha value is -1.35. The minimum absolute atomic E-state index is 0.261. The van der Waals surface area contributed by atoms with E-state index < -0.39 is 0 Å². The van der Waals surface area contributed by atoms with Crippen molar-refractivity contribution in [1.82, 2.24) is 5.32 Å². The minimum Gasteiger partial charge on any atom is -0.456 e. The van der Waals surface area contributed by atoms with Crippen LogP contribution >= 0.6 is 0 Å². The highest BCUT2D eigenvalue weighted by molar-refractivity contribution is 5.86. The summed E-state index contributed by atoms with van der Waals surface area (Å²) in [5, 5.41) is 4.39. The van der Waals surface area contributed by atoms with Crippen molar-refractivity contribution in [2.24, 2.45) is 0 Å². The van der Waals surface area contributed by atoms with Gasteiger partial charge in [-0.1, -0.05) is 13.0 Å². The predicted octanol–water partition coefficient (Wildman–Crippen LogP) is 3.69. The van der Waals surface area contributed by atoms with Crippen LogP contribution in [0.3, 0.4) is 0 Å². The molecule has 0 saturated heterocycles. The second kappa shape index (κ2) is 4.39. The van der Waals surface area contributed by atoms with E-state index >= 15 is 0 Å². The number of halogens is 1. The predicted molar refractivity (Wildman–Crippen MR) is 70.1 cm³/mol. The van der Waals surface area contributed by atoms with Crippen molar-refractivity contribution < 1.29 is 8.81 Å². The minimum atomic E-state index is -0.261. The summed E-state index contributed by atoms with van der Waals surface area (Å²) < 4.78 is 19.5. The van der Waals surface area contributed by atoms with Crippen LogP contribution in [0.15, 0.2) is 16.5 Å². The highest BCUT2D eigenvalue weighted by Gasteiger charge is 2.23. The molecule has 1 aromatic heterocycles. The topological polar surface area (TPSA) is 25.2 Å². The lowest BCUT2D eigenvalue weighted by molar-refractivity contribution is 0.490. The normalized spacial score (nSPS) is 15.5. The number of hydrogen-bond acceptors (Lipinski definition) is 2. The van der Waals surface area contributed by atoms with E-state index in [1.807, 2.05) is 13.0 Å². The molecule has 2 aromatic rings. The van der Waals surface area contributed by atoms with Crippen LogP contribution in [0.1, 0.15) is 36.7 Å². The first-order valence-electron chi connectivity index (χ1n) is 6.63. The van der Waals surface area contributed by atoms with Crippen LogP contribution in [-0.2, 0) is 13.0 Å². The molecule has 1 aliphatic carbocycles. The fourth-order valence-corrected chi connectivity index (χ4v) is 2.50. The quantitative estimate of drug-likeness (QED) is 0.891. The van der Waals surface area contributed by atoms with Crippen LogP contribution in [0.4, 0.5) is 4.39 Å². The SMILES string of the molecule is CCc1c(CNC2CC2)oc2c(F)ccc(C)c12. The molecule has 0 amide bonds. The number of furan rings is 1. The summed E-state index contributed by atoms with van der Waals surface area (Å²) in [6, 6.07) is 3.94. The van der Waals surface area contributed by atoms with Crippen molar-refractivity contribution in [3.05, 3.63) is 34.8 Å². The molecular formula is C15H18FNO. The van der Waals surface area contributed by atoms with Gasteiger partial charge in [-0.15, -0.1) is 0 Å². The first-order chi connectivity index (χ1) is 8.70. The van der Waals surface area contributed by atoms with Crippen LogP contribution in [-0.4, -0.2) is 6.04 Å². The Morgan fingerprint density at radius 1 is 1.39 bits per heavy atom. The summed E-state index contributed by atoms with van der Waals surface area (Å²) in [5.41, 5.74) is 2.65. The third-order valence-electron chi connectivity index (χ3n) is 3.66. The summed E-state index contributed by atoms with van der Waals surface area (Å²) in [7, 11) is 0. The Kier molecular flexibility index (Phi) is 2.86. The molecule has 0 bridgehead atoms. The number of hydrogen-bond donors (Lipinski definition) is 1. The summed E-state index contributed by atoms with van der Waals surface area (Å²) in [6.07, 6.45) is 3.36. The van der Waals surface area contributed by atoms with Gasteiger partial charge >= 0.3 is 0 Å². The van der Waals surface area contributed by atoms with Crippen LogP contribution in [0.5, 0.6) is 0 Å². The van der Waals surface area contributed by atoms with Crippen LogP contribution < -0.4 is 5.32 Å². The van der Waals surface area contributed by atoms with Gasteiger partial charge in [-0.05, 0) is 37.8 Å². The maximum absolute atomic E-state index is 13.8. The molecule has 0 spiro atoms. The molecule has 96 valence electrons. The van der Waals surface area contributed by atoms with Gasteiger partial charge in [-0.2, -0.15) is 0 Å². The van der Waals surface area contributed by atoms with Gasteiger partial charge in [0.2, 0.25) is 0 Å². The third-order valence-corrected chi connectivity index (χ3v) is 3.66. The van der Waals surface area contributed by atoms with Gasteiger partial charge in [0.15, 0.2) is 11.4 Å². The Balaban J connectivity index is 2.06. The van der Waals surface area contributed by atoms with Gasteiger partial charge in [0.1, 0.15) is 5.76 Å². The Morgan fingerprint density at radius 3 is 2.83 bits per heavy atom. The van der Waals surface area contributed by atoms with E-state index in [4.69, 9.17) is 4.42 Å². The molecule has 3 rings (SSSR count). The van der Waals surface area contributed by atoms with E-state index in [2.05, 4.69) is 12.2 Å². The monoisotopic (exact) mass is 247 g/mol. The maximum atomic E-state index is 13.8. The third kappa shape index (κ3) is 1.93. The van der Waals surface area contributed by atoms with Crippen LogP contribution in [0, 0.1) is 12.7 Å². The van der Waals surface area contributed by atoms with Crippen molar-refractivity contribution in [1.29, 1.82) is 0 Å². The van der Waals surface area contributed by atoms with Crippen molar-refractivity contribution >= 4 is 11.0 Å². The number of fused-ring (bicyclic) bond motifs is 1. The molecule has 3 heteroatoms. The smallest absolute Gasteiger partial charge is 0.170 e. The first-order valence-corrected chi connectivity index (χ1v) is 6.63. The second-order valence-electron chi connectivity index (χ2n) is 5.08. The van der Waals surface area contributed by atoms with E-state index in [0.29, 0.717) is 18.2 Å². The molecule has 1 saturated carbocycles. The molecule has 1 heterocycles. The van der Waals surface area contributed by atoms with Gasteiger partial charge in [0, 0.05) is 17.0 Å². The molecule has 1 fully saturated rings. The molecule has 0 atom stereocenters. The maximum Gasteiger partial charge on any atom is 0.170 e. The van der Waals surface area contributed by atoms with Gasteiger partial charge in [0.25, 0.3) is 0 Å². The van der Waals surface area contributed by atoms with Gasteiger partial charge in [-0.3, -0.25) is 0 Å². The van der Waals surface area contributed by atoms with Crippen molar-refractivity contribution in [3.8, 4) is 0 Å². The summed E-state index contributed by atoms with van der Waals surface area (Å²) in [4.78, 5) is 0. The molecule has 0 radical (unpaired) electrons. The number of rotatable bonds is 4. The molecular weight excluding hydrogens is 229 g/mol. The summed E-state index contributed by atoms with van der Waals surface area (Å²) in [5.74, 6) is 0.635. The van der Waals surface area contributed by atoms with Crippen LogP contribution in [0.25, 0.3) is 11.0 Å². The number of aryl methyl sites for hydroxylation is 2. The Bertz CT molecular complexity index is 584. The molecule has 0 aliphatic heterocycles.